The van der Waals surface area contributed by atoms with Crippen LogP contribution in [0.25, 0.3) is 43.8 Å². The molecule has 0 spiro atoms. The predicted molar refractivity (Wildman–Crippen MR) is 213 cm³/mol. The average Bonchev–Trinajstić information content (AvgIpc) is 3.73. The van der Waals surface area contributed by atoms with Crippen LogP contribution in [0.4, 0.5) is 0 Å². The first-order chi connectivity index (χ1) is 22.6. The first-order valence-corrected chi connectivity index (χ1v) is 19.8. The van der Waals surface area contributed by atoms with Gasteiger partial charge in [-0.15, -0.1) is 69.1 Å². The minimum absolute atomic E-state index is 0. The molecular weight excluding hydrogens is 672 g/mol. The van der Waals surface area contributed by atoms with Crippen molar-refractivity contribution in [2.24, 2.45) is 0 Å². The fourth-order valence-corrected chi connectivity index (χ4v) is 6.52. The molecule has 0 fully saturated rings. The second kappa shape index (κ2) is 18.8. The van der Waals surface area contributed by atoms with Crippen molar-refractivity contribution in [2.75, 3.05) is 0 Å². The van der Waals surface area contributed by atoms with Gasteiger partial charge in [0.25, 0.3) is 0 Å². The fourth-order valence-electron chi connectivity index (χ4n) is 6.52. The molecule has 0 nitrogen and oxygen atoms in total. The molecule has 0 aliphatic carbocycles. The summed E-state index contributed by atoms with van der Waals surface area (Å²) >= 11 is 0. The van der Waals surface area contributed by atoms with Crippen molar-refractivity contribution in [3.63, 3.8) is 0 Å². The Morgan fingerprint density at radius 1 is 0.500 bits per heavy atom. The molecule has 6 aromatic rings. The third-order valence-electron chi connectivity index (χ3n) is 9.65. The molecule has 248 valence electrons. The zero-order valence-corrected chi connectivity index (χ0v) is 34.6. The Morgan fingerprint density at radius 2 is 0.833 bits per heavy atom. The van der Waals surface area contributed by atoms with E-state index in [0.29, 0.717) is 23.7 Å². The first-order valence-electron chi connectivity index (χ1n) is 17.8. The third-order valence-corrected chi connectivity index (χ3v) is 9.65. The Labute approximate surface area is 314 Å². The summed E-state index contributed by atoms with van der Waals surface area (Å²) in [5.41, 5.74) is 11.3. The summed E-state index contributed by atoms with van der Waals surface area (Å²) < 4.78 is 0. The van der Waals surface area contributed by atoms with Crippen LogP contribution in [0.15, 0.2) is 109 Å². The molecule has 48 heavy (non-hydrogen) atoms. The summed E-state index contributed by atoms with van der Waals surface area (Å²) in [6.45, 7) is 22.5. The zero-order chi connectivity index (χ0) is 34.1. The molecule has 0 amide bonds. The predicted octanol–water partition coefficient (Wildman–Crippen LogP) is 14.5. The minimum Gasteiger partial charge on any atom is -0.164 e. The Balaban J connectivity index is 0.000000236. The Kier molecular flexibility index (Phi) is 15.5. The van der Waals surface area contributed by atoms with Crippen molar-refractivity contribution in [3.8, 4) is 22.3 Å². The molecule has 0 aliphatic rings. The quantitative estimate of drug-likeness (QED) is 0.108. The summed E-state index contributed by atoms with van der Waals surface area (Å²) in [7, 11) is 1.08. The molecule has 0 heterocycles. The normalized spacial score (nSPS) is 12.2. The van der Waals surface area contributed by atoms with Crippen molar-refractivity contribution in [1.82, 2.24) is 0 Å². The summed E-state index contributed by atoms with van der Waals surface area (Å²) in [6, 6.07) is 40.6. The molecule has 2 radical (unpaired) electrons. The Hall–Kier alpha value is -2.80. The maximum Gasteiger partial charge on any atom is 2.00 e. The molecule has 6 aromatic carbocycles. The molecule has 6 rings (SSSR count). The molecule has 0 saturated heterocycles. The summed E-state index contributed by atoms with van der Waals surface area (Å²) in [4.78, 5) is 0. The number of hydrogen-bond donors (Lipinski definition) is 0. The molecular formula is C46H56SiZr. The van der Waals surface area contributed by atoms with Crippen molar-refractivity contribution >= 4 is 31.1 Å². The van der Waals surface area contributed by atoms with Crippen LogP contribution in [0.3, 0.4) is 0 Å². The molecule has 0 bridgehead atoms. The van der Waals surface area contributed by atoms with Crippen molar-refractivity contribution < 1.29 is 26.2 Å². The van der Waals surface area contributed by atoms with Gasteiger partial charge in [-0.2, -0.15) is 12.1 Å². The summed E-state index contributed by atoms with van der Waals surface area (Å²) in [5.74, 6) is 2.33. The number of benzene rings is 4. The maximum absolute atomic E-state index is 2.40. The van der Waals surface area contributed by atoms with E-state index < -0.39 is 0 Å². The molecule has 0 saturated carbocycles. The van der Waals surface area contributed by atoms with E-state index in [2.05, 4.69) is 178 Å². The van der Waals surface area contributed by atoms with E-state index in [1.54, 1.807) is 0 Å². The van der Waals surface area contributed by atoms with E-state index in [1.807, 2.05) is 0 Å². The second-order valence-electron chi connectivity index (χ2n) is 13.8. The van der Waals surface area contributed by atoms with Gasteiger partial charge in [0, 0.05) is 9.52 Å². The number of rotatable bonds is 8. The second-order valence-corrected chi connectivity index (χ2v) is 14.8. The van der Waals surface area contributed by atoms with E-state index in [-0.39, 0.29) is 26.2 Å². The van der Waals surface area contributed by atoms with Gasteiger partial charge >= 0.3 is 26.2 Å². The van der Waals surface area contributed by atoms with Crippen LogP contribution in [0.5, 0.6) is 0 Å². The van der Waals surface area contributed by atoms with Crippen LogP contribution in [0.1, 0.15) is 114 Å². The first kappa shape index (κ1) is 39.6. The molecule has 0 aliphatic heterocycles. The van der Waals surface area contributed by atoms with Crippen LogP contribution in [-0.4, -0.2) is 9.52 Å². The van der Waals surface area contributed by atoms with E-state index in [1.165, 1.54) is 78.9 Å². The van der Waals surface area contributed by atoms with Crippen LogP contribution in [0.2, 0.25) is 13.1 Å². The van der Waals surface area contributed by atoms with E-state index >= 15 is 0 Å². The van der Waals surface area contributed by atoms with Crippen LogP contribution in [-0.2, 0) is 26.2 Å². The Morgan fingerprint density at radius 3 is 1.17 bits per heavy atom. The van der Waals surface area contributed by atoms with Gasteiger partial charge in [0.05, 0.1) is 0 Å². The minimum atomic E-state index is 0. The Bertz CT molecular complexity index is 1710. The average molecular weight is 728 g/mol. The molecule has 0 N–H and O–H groups in total. The van der Waals surface area contributed by atoms with Gasteiger partial charge in [0.15, 0.2) is 0 Å². The van der Waals surface area contributed by atoms with Gasteiger partial charge in [0.1, 0.15) is 0 Å². The maximum atomic E-state index is 2.40. The molecule has 2 atom stereocenters. The van der Waals surface area contributed by atoms with Gasteiger partial charge in [0.2, 0.25) is 0 Å². The van der Waals surface area contributed by atoms with Crippen LogP contribution in [0, 0.1) is 0 Å². The van der Waals surface area contributed by atoms with Crippen LogP contribution < -0.4 is 0 Å². The SMILES string of the molecule is CCC(C)c1cc2c(-c3ccccc3C(C)C)cccc2[cH-]1.CCC(C)c1cc2c(-c3ccccc3C(C)C)cccc2[cH-]1.C[Si]C.[Zr+2]. The number of hydrogen-bond acceptors (Lipinski definition) is 0. The number of fused-ring (bicyclic) bond motifs is 2. The van der Waals surface area contributed by atoms with Gasteiger partial charge in [-0.1, -0.05) is 153 Å². The fraction of sp³-hybridized carbons (Fsp3) is 0.348. The van der Waals surface area contributed by atoms with Gasteiger partial charge in [-0.05, 0) is 45.9 Å². The molecule has 2 unspecified atom stereocenters. The van der Waals surface area contributed by atoms with E-state index in [4.69, 9.17) is 0 Å². The molecule has 0 aromatic heterocycles. The van der Waals surface area contributed by atoms with Gasteiger partial charge in [-0.25, -0.2) is 0 Å². The summed E-state index contributed by atoms with van der Waals surface area (Å²) in [5, 5.41) is 5.52. The topological polar surface area (TPSA) is 0 Å². The largest absolute Gasteiger partial charge is 2.00 e. The summed E-state index contributed by atoms with van der Waals surface area (Å²) in [6.07, 6.45) is 2.38. The van der Waals surface area contributed by atoms with Crippen LogP contribution >= 0.6 is 0 Å². The standard InChI is InChI=1S/2C22H25.C2H6Si.Zr/c2*1-5-16(4)18-13-17-9-8-12-21(22(17)14-18)20-11-7-6-10-19(20)15(2)3;1-3-2;/h2*6-16H,5H2,1-4H3;1-2H3;/q2*-1;;+2. The van der Waals surface area contributed by atoms with E-state index in [0.717, 1.165) is 9.52 Å². The van der Waals surface area contributed by atoms with Crippen molar-refractivity contribution in [1.29, 1.82) is 0 Å². The van der Waals surface area contributed by atoms with Crippen molar-refractivity contribution in [3.05, 3.63) is 131 Å². The zero-order valence-electron chi connectivity index (χ0n) is 31.1. The molecule has 2 heteroatoms. The smallest absolute Gasteiger partial charge is 0.164 e. The van der Waals surface area contributed by atoms with Gasteiger partial charge < -0.3 is 0 Å². The monoisotopic (exact) mass is 726 g/mol. The van der Waals surface area contributed by atoms with Crippen molar-refractivity contribution in [2.45, 2.75) is 105 Å². The van der Waals surface area contributed by atoms with Gasteiger partial charge in [-0.3, -0.25) is 0 Å². The third kappa shape index (κ3) is 9.25. The van der Waals surface area contributed by atoms with E-state index in [9.17, 15) is 0 Å².